The van der Waals surface area contributed by atoms with Gasteiger partial charge in [-0.05, 0) is 31.4 Å². The predicted molar refractivity (Wildman–Crippen MR) is 137 cm³/mol. The van der Waals surface area contributed by atoms with E-state index in [0.717, 1.165) is 19.8 Å². The Hall–Kier alpha value is -4.12. The van der Waals surface area contributed by atoms with Gasteiger partial charge in [-0.3, -0.25) is 14.8 Å². The minimum absolute atomic E-state index is 0.406. The molecule has 8 nitrogen and oxygen atoms in total. The van der Waals surface area contributed by atoms with E-state index >= 15 is 0 Å². The van der Waals surface area contributed by atoms with Crippen molar-refractivity contribution in [1.29, 1.82) is 5.26 Å². The molecule has 1 unspecified atom stereocenters. The number of nitrogens with one attached hydrogen (secondary N) is 1. The molecule has 2 N–H and O–H groups in total. The van der Waals surface area contributed by atoms with Crippen molar-refractivity contribution >= 4 is 50.0 Å². The highest BCUT2D eigenvalue weighted by atomic mass is 32.2. The molecule has 3 aromatic heterocycles. The molecule has 0 bridgehead atoms. The molecule has 1 atom stereocenters. The first-order chi connectivity index (χ1) is 17.3. The number of aromatic nitrogens is 2. The monoisotopic (exact) mass is 516 g/mol. The number of nitrogens with zero attached hydrogens (tertiary/aromatic N) is 3. The fourth-order valence-electron chi connectivity index (χ4n) is 3.95. The van der Waals surface area contributed by atoms with E-state index in [0.29, 0.717) is 34.7 Å². The lowest BCUT2D eigenvalue weighted by molar-refractivity contribution is -0.139. The molecule has 4 aromatic rings. The molecule has 10 heteroatoms. The molecule has 1 saturated carbocycles. The zero-order chi connectivity index (χ0) is 25.4. The van der Waals surface area contributed by atoms with E-state index in [1.165, 1.54) is 27.4 Å². The van der Waals surface area contributed by atoms with Gasteiger partial charge in [0.2, 0.25) is 0 Å². The molecule has 1 aromatic carbocycles. The first kappa shape index (κ1) is 23.6. The standard InChI is InChI=1S/C26H20N4O4S2/c1-15(16-6-4-3-5-7-16)34-25(33)29-22-17(14-28-30(22)2)8-9-18-12-19-20(13-27)21(36-23(19)35-18)26(10-11-26)24(31)32/h3-7,12,14-15H,10-11H2,1-2H3,(H,29,33)(H,31,32). The fraction of sp³-hybridized carbons (Fsp3) is 0.231. The van der Waals surface area contributed by atoms with Crippen molar-refractivity contribution < 1.29 is 19.4 Å². The SMILES string of the molecule is CC(OC(=O)Nc1c(C#Cc2cc3c(C#N)c(C4(C(=O)O)CC4)sc3s2)cnn1C)c1ccccc1. The summed E-state index contributed by atoms with van der Waals surface area (Å²) < 4.78 is 7.87. The number of aliphatic carboxylic acids is 1. The molecule has 3 heterocycles. The van der Waals surface area contributed by atoms with Gasteiger partial charge in [0, 0.05) is 17.3 Å². The third kappa shape index (κ3) is 4.22. The van der Waals surface area contributed by atoms with E-state index in [4.69, 9.17) is 4.74 Å². The Bertz CT molecular complexity index is 1590. The number of benzene rings is 1. The van der Waals surface area contributed by atoms with E-state index in [-0.39, 0.29) is 0 Å². The van der Waals surface area contributed by atoms with Crippen LogP contribution in [0.2, 0.25) is 0 Å². The molecule has 0 aliphatic heterocycles. The minimum atomic E-state index is -0.913. The van der Waals surface area contributed by atoms with Gasteiger partial charge in [-0.15, -0.1) is 22.7 Å². The quantitative estimate of drug-likeness (QED) is 0.343. The van der Waals surface area contributed by atoms with Crippen molar-refractivity contribution in [3.05, 3.63) is 69.0 Å². The van der Waals surface area contributed by atoms with Crippen LogP contribution in [0.5, 0.6) is 0 Å². The van der Waals surface area contributed by atoms with E-state index < -0.39 is 23.6 Å². The summed E-state index contributed by atoms with van der Waals surface area (Å²) in [6, 6.07) is 13.5. The second kappa shape index (κ2) is 9.15. The third-order valence-corrected chi connectivity index (χ3v) is 8.68. The van der Waals surface area contributed by atoms with Crippen LogP contribution < -0.4 is 5.32 Å². The van der Waals surface area contributed by atoms with Gasteiger partial charge < -0.3 is 9.84 Å². The third-order valence-electron chi connectivity index (χ3n) is 6.13. The van der Waals surface area contributed by atoms with Crippen LogP contribution in [-0.2, 0) is 22.0 Å². The molecule has 180 valence electrons. The Kier molecular flexibility index (Phi) is 6.00. The number of carboxylic acids is 1. The zero-order valence-electron chi connectivity index (χ0n) is 19.4. The number of carbonyl (C=O) groups excluding carboxylic acids is 1. The van der Waals surface area contributed by atoms with Gasteiger partial charge >= 0.3 is 12.1 Å². The molecular weight excluding hydrogens is 496 g/mol. The number of anilines is 1. The van der Waals surface area contributed by atoms with Crippen LogP contribution >= 0.6 is 22.7 Å². The van der Waals surface area contributed by atoms with Crippen molar-refractivity contribution in [2.24, 2.45) is 7.05 Å². The van der Waals surface area contributed by atoms with Gasteiger partial charge in [-0.2, -0.15) is 10.4 Å². The summed E-state index contributed by atoms with van der Waals surface area (Å²) in [5.74, 6) is 5.65. The second-order valence-electron chi connectivity index (χ2n) is 8.48. The molecule has 0 radical (unpaired) electrons. The van der Waals surface area contributed by atoms with Crippen LogP contribution in [-0.4, -0.2) is 26.9 Å². The summed E-state index contributed by atoms with van der Waals surface area (Å²) in [5.41, 5.74) is 0.912. The molecule has 36 heavy (non-hydrogen) atoms. The Morgan fingerprint density at radius 1 is 1.25 bits per heavy atom. The number of thiophene rings is 2. The topological polar surface area (TPSA) is 117 Å². The highest BCUT2D eigenvalue weighted by Gasteiger charge is 2.54. The first-order valence-electron chi connectivity index (χ1n) is 11.1. The fourth-order valence-corrected chi connectivity index (χ4v) is 6.58. The number of fused-ring (bicyclic) bond motifs is 1. The lowest BCUT2D eigenvalue weighted by atomic mass is 10.0. The van der Waals surface area contributed by atoms with Crippen molar-refractivity contribution in [3.8, 4) is 17.9 Å². The summed E-state index contributed by atoms with van der Waals surface area (Å²) in [4.78, 5) is 25.6. The number of aryl methyl sites for hydroxylation is 1. The second-order valence-corrected chi connectivity index (χ2v) is 10.8. The van der Waals surface area contributed by atoms with Gasteiger partial charge in [0.15, 0.2) is 0 Å². The van der Waals surface area contributed by atoms with Crippen LogP contribution in [0, 0.1) is 23.2 Å². The van der Waals surface area contributed by atoms with Crippen LogP contribution in [0.1, 0.15) is 52.3 Å². The molecule has 0 saturated heterocycles. The number of carbonyl (C=O) groups is 2. The molecule has 1 aliphatic carbocycles. The first-order valence-corrected chi connectivity index (χ1v) is 12.7. The Morgan fingerprint density at radius 3 is 2.67 bits per heavy atom. The average molecular weight is 517 g/mol. The Labute approximate surface area is 214 Å². The van der Waals surface area contributed by atoms with Gasteiger partial charge in [0.05, 0.1) is 26.2 Å². The zero-order valence-corrected chi connectivity index (χ0v) is 21.0. The van der Waals surface area contributed by atoms with Gasteiger partial charge in [0.25, 0.3) is 0 Å². The molecular formula is C26H20N4O4S2. The highest BCUT2D eigenvalue weighted by molar-refractivity contribution is 7.38. The lowest BCUT2D eigenvalue weighted by Crippen LogP contribution is -2.19. The minimum Gasteiger partial charge on any atom is -0.481 e. The van der Waals surface area contributed by atoms with Crippen LogP contribution in [0.15, 0.2) is 42.6 Å². The summed E-state index contributed by atoms with van der Waals surface area (Å²) in [6.45, 7) is 1.80. The van der Waals surface area contributed by atoms with E-state index in [2.05, 4.69) is 28.3 Å². The number of rotatable bonds is 5. The van der Waals surface area contributed by atoms with Gasteiger partial charge in [0.1, 0.15) is 23.4 Å². The van der Waals surface area contributed by atoms with Crippen LogP contribution in [0.4, 0.5) is 10.6 Å². The summed E-state index contributed by atoms with van der Waals surface area (Å²) in [5, 5.41) is 27.0. The van der Waals surface area contributed by atoms with Crippen molar-refractivity contribution in [2.75, 3.05) is 5.32 Å². The largest absolute Gasteiger partial charge is 0.481 e. The van der Waals surface area contributed by atoms with E-state index in [1.807, 2.05) is 36.4 Å². The lowest BCUT2D eigenvalue weighted by Gasteiger charge is -2.14. The number of carboxylic acid groups (broad SMARTS) is 1. The summed E-state index contributed by atoms with van der Waals surface area (Å²) >= 11 is 2.78. The van der Waals surface area contributed by atoms with E-state index in [9.17, 15) is 20.0 Å². The molecule has 1 aliphatic rings. The van der Waals surface area contributed by atoms with Crippen LogP contribution in [0.3, 0.4) is 0 Å². The molecule has 5 rings (SSSR count). The highest BCUT2D eigenvalue weighted by Crippen LogP contribution is 2.54. The number of nitriles is 1. The summed E-state index contributed by atoms with van der Waals surface area (Å²) in [7, 11) is 1.69. The number of amides is 1. The number of hydrogen-bond donors (Lipinski definition) is 2. The Balaban J connectivity index is 1.36. The van der Waals surface area contributed by atoms with Crippen molar-refractivity contribution in [3.63, 3.8) is 0 Å². The maximum Gasteiger partial charge on any atom is 0.413 e. The van der Waals surface area contributed by atoms with Crippen LogP contribution in [0.25, 0.3) is 9.40 Å². The smallest absolute Gasteiger partial charge is 0.413 e. The maximum atomic E-state index is 12.5. The normalized spacial score (nSPS) is 14.4. The number of ether oxygens (including phenoxy) is 1. The Morgan fingerprint density at radius 2 is 2.00 bits per heavy atom. The molecule has 0 spiro atoms. The van der Waals surface area contributed by atoms with Crippen molar-refractivity contribution in [2.45, 2.75) is 31.3 Å². The maximum absolute atomic E-state index is 12.5. The van der Waals surface area contributed by atoms with Gasteiger partial charge in [-0.25, -0.2) is 4.79 Å². The number of hydrogen-bond acceptors (Lipinski definition) is 7. The molecule has 1 amide bonds. The summed E-state index contributed by atoms with van der Waals surface area (Å²) in [6.07, 6.45) is 1.62. The molecule has 1 fully saturated rings. The van der Waals surface area contributed by atoms with Gasteiger partial charge in [-0.1, -0.05) is 42.2 Å². The van der Waals surface area contributed by atoms with Crippen molar-refractivity contribution in [1.82, 2.24) is 9.78 Å². The average Bonchev–Trinajstić information content (AvgIpc) is 3.33. The predicted octanol–water partition coefficient (Wildman–Crippen LogP) is 5.39. The van der Waals surface area contributed by atoms with E-state index in [1.54, 1.807) is 20.2 Å².